The highest BCUT2D eigenvalue weighted by Gasteiger charge is 2.71. The van der Waals surface area contributed by atoms with Gasteiger partial charge in [0.25, 0.3) is 11.8 Å². The number of anilines is 3. The molecule has 2 aliphatic carbocycles. The van der Waals surface area contributed by atoms with Gasteiger partial charge in [0.15, 0.2) is 11.5 Å². The normalized spacial score (nSPS) is 24.1. The minimum absolute atomic E-state index is 0.0159. The number of alkyl halides is 3. The molecule has 4 aromatic rings. The summed E-state index contributed by atoms with van der Waals surface area (Å²) in [5.74, 6) is -10.8. The van der Waals surface area contributed by atoms with Gasteiger partial charge in [-0.1, -0.05) is 53.1 Å². The van der Waals surface area contributed by atoms with Gasteiger partial charge in [-0.3, -0.25) is 44.8 Å². The first kappa shape index (κ1) is 42.9. The zero-order valence-corrected chi connectivity index (χ0v) is 34.4. The number of imide groups is 2. The molecule has 4 aliphatic rings. The van der Waals surface area contributed by atoms with Gasteiger partial charge in [0.05, 0.1) is 56.4 Å². The molecule has 22 heteroatoms. The lowest BCUT2D eigenvalue weighted by atomic mass is 9.49. The van der Waals surface area contributed by atoms with Gasteiger partial charge in [0.1, 0.15) is 11.5 Å². The second-order valence-electron chi connectivity index (χ2n) is 15.6. The Morgan fingerprint density at radius 1 is 0.952 bits per heavy atom. The van der Waals surface area contributed by atoms with Crippen LogP contribution in [0.25, 0.3) is 0 Å². The van der Waals surface area contributed by atoms with E-state index in [0.29, 0.717) is 27.7 Å². The molecule has 17 nitrogen and oxygen atoms in total. The number of ether oxygens (including phenoxy) is 1. The van der Waals surface area contributed by atoms with Crippen LogP contribution < -0.4 is 20.0 Å². The topological polar surface area (TPSA) is 219 Å². The van der Waals surface area contributed by atoms with Crippen LogP contribution in [0.2, 0.25) is 10.0 Å². The summed E-state index contributed by atoms with van der Waals surface area (Å²) in [5, 5.41) is 36.5. The lowest BCUT2D eigenvalue weighted by molar-refractivity contribution is -0.392. The van der Waals surface area contributed by atoms with Crippen molar-refractivity contribution in [2.24, 2.45) is 23.7 Å². The zero-order chi connectivity index (χ0) is 45.6. The highest BCUT2D eigenvalue weighted by atomic mass is 35.5. The lowest BCUT2D eigenvalue weighted by Gasteiger charge is -2.50. The average Bonchev–Trinajstić information content (AvgIpc) is 3.61. The van der Waals surface area contributed by atoms with Crippen molar-refractivity contribution >= 4 is 75.4 Å². The Balaban J connectivity index is 1.32. The summed E-state index contributed by atoms with van der Waals surface area (Å²) in [5.41, 5.74) is -2.46. The van der Waals surface area contributed by atoms with Crippen LogP contribution in [-0.2, 0) is 30.8 Å². The van der Waals surface area contributed by atoms with E-state index in [9.17, 15) is 48.1 Å². The Morgan fingerprint density at radius 2 is 1.60 bits per heavy atom. The number of aromatic nitrogens is 1. The number of amides is 4. The number of hydrazine groups is 1. The summed E-state index contributed by atoms with van der Waals surface area (Å²) in [6.07, 6.45) is -3.21. The number of fused-ring (bicyclic) bond motifs is 4. The fourth-order valence-corrected chi connectivity index (χ4v) is 10.1. The third kappa shape index (κ3) is 6.49. The van der Waals surface area contributed by atoms with Crippen LogP contribution in [0.1, 0.15) is 35.4 Å². The third-order valence-corrected chi connectivity index (χ3v) is 12.8. The Morgan fingerprint density at radius 3 is 2.17 bits per heavy atom. The Bertz CT molecular complexity index is 2680. The molecule has 0 bridgehead atoms. The number of allylic oxidation sites excluding steroid dienone is 2. The number of phenolic OH excluding ortho intramolecular Hbond substituents is 1. The van der Waals surface area contributed by atoms with E-state index in [2.05, 4.69) is 10.4 Å². The van der Waals surface area contributed by atoms with E-state index >= 15 is 9.59 Å². The molecule has 0 spiro atoms. The van der Waals surface area contributed by atoms with Crippen molar-refractivity contribution in [1.29, 1.82) is 0 Å². The quantitative estimate of drug-likeness (QED) is 0.0736. The van der Waals surface area contributed by atoms with E-state index in [0.717, 1.165) is 17.0 Å². The lowest BCUT2D eigenvalue weighted by Crippen LogP contribution is -2.53. The molecule has 63 heavy (non-hydrogen) atoms. The van der Waals surface area contributed by atoms with Gasteiger partial charge in [-0.15, -0.1) is 0 Å². The molecule has 4 amide bonds. The van der Waals surface area contributed by atoms with Gasteiger partial charge in [-0.2, -0.15) is 18.2 Å². The summed E-state index contributed by atoms with van der Waals surface area (Å²) in [6, 6.07) is 12.6. The summed E-state index contributed by atoms with van der Waals surface area (Å²) in [4.78, 5) is 88.0. The zero-order valence-electron chi connectivity index (χ0n) is 32.9. The van der Waals surface area contributed by atoms with Crippen molar-refractivity contribution in [3.8, 4) is 11.5 Å². The Labute approximate surface area is 363 Å². The standard InChI is InChI=1S/C41H32Cl2F3N7O10/c1-49(2)34-27(52(59)60)14-21(15-28(34)53(61)62)50-36(55)23-12-11-22-24(31(23)38(50)57)16-25-37(56)51(48-35-26(43)13-19(17-47-35)41(44,45)46)39(58)40(25,18-7-9-20(42)10-8-18)33(22)32-29(54)5-4-6-30(32)63-3/h4-11,13-15,17,23-25,31,33,54H,12,16H2,1-3H3,(H,47,48). The first-order chi connectivity index (χ1) is 29.7. The van der Waals surface area contributed by atoms with E-state index < -0.39 is 108 Å². The molecule has 1 aromatic heterocycles. The second kappa shape index (κ2) is 15.2. The smallest absolute Gasteiger partial charge is 0.417 e. The molecule has 1 saturated carbocycles. The molecule has 2 aliphatic heterocycles. The number of nitro groups is 2. The van der Waals surface area contributed by atoms with Crippen LogP contribution in [-0.4, -0.2) is 69.8 Å². The number of methoxy groups -OCH3 is 1. The van der Waals surface area contributed by atoms with Gasteiger partial charge in [-0.25, -0.2) is 9.88 Å². The number of aromatic hydroxyl groups is 1. The van der Waals surface area contributed by atoms with Gasteiger partial charge in [-0.05, 0) is 54.7 Å². The highest BCUT2D eigenvalue weighted by molar-refractivity contribution is 6.33. The number of carbonyl (C=O) groups is 4. The monoisotopic (exact) mass is 909 g/mol. The number of rotatable bonds is 9. The minimum Gasteiger partial charge on any atom is -0.508 e. The number of halogens is 5. The molecule has 6 unspecified atom stereocenters. The van der Waals surface area contributed by atoms with Crippen molar-refractivity contribution < 1.29 is 52.0 Å². The molecule has 2 N–H and O–H groups in total. The van der Waals surface area contributed by atoms with E-state index in [1.165, 1.54) is 63.7 Å². The number of carbonyl (C=O) groups excluding carboxylic acids is 4. The first-order valence-electron chi connectivity index (χ1n) is 19.0. The number of phenols is 1. The molecule has 2 saturated heterocycles. The Hall–Kier alpha value is -6.80. The van der Waals surface area contributed by atoms with Crippen molar-refractivity contribution in [2.45, 2.75) is 30.4 Å². The number of hydrogen-bond acceptors (Lipinski definition) is 13. The fourth-order valence-electron chi connectivity index (χ4n) is 9.81. The van der Waals surface area contributed by atoms with E-state index in [4.69, 9.17) is 27.9 Å². The van der Waals surface area contributed by atoms with Crippen LogP contribution in [0.4, 0.5) is 41.7 Å². The van der Waals surface area contributed by atoms with Gasteiger partial charge >= 0.3 is 17.6 Å². The second-order valence-corrected chi connectivity index (χ2v) is 16.4. The molecular formula is C41H32Cl2F3N7O10. The van der Waals surface area contributed by atoms with E-state index in [-0.39, 0.29) is 46.2 Å². The maximum absolute atomic E-state index is 15.5. The Kier molecular flexibility index (Phi) is 10.4. The largest absolute Gasteiger partial charge is 0.508 e. The molecule has 8 rings (SSSR count). The number of nitrogens with one attached hydrogen (secondary N) is 1. The van der Waals surface area contributed by atoms with Crippen LogP contribution in [0.5, 0.6) is 11.5 Å². The highest BCUT2D eigenvalue weighted by Crippen LogP contribution is 2.66. The van der Waals surface area contributed by atoms with Crippen molar-refractivity contribution in [1.82, 2.24) is 9.99 Å². The van der Waals surface area contributed by atoms with Crippen molar-refractivity contribution in [2.75, 3.05) is 36.4 Å². The molecular weight excluding hydrogens is 878 g/mol. The van der Waals surface area contributed by atoms with Gasteiger partial charge in [0.2, 0.25) is 11.8 Å². The number of nitrogens with zero attached hydrogens (tertiary/aromatic N) is 6. The molecule has 6 atom stereocenters. The summed E-state index contributed by atoms with van der Waals surface area (Å²) >= 11 is 12.6. The SMILES string of the molecule is COc1cccc(O)c1C1C2=CCC3C(=O)N(c4cc([N+](=O)[O-])c(N(C)C)c([N+](=O)[O-])c4)C(=O)C3C2CC2C(=O)N(Nc3ncc(C(F)(F)F)cc3Cl)C(=O)C21c1ccc(Cl)cc1. The van der Waals surface area contributed by atoms with E-state index in [1.54, 1.807) is 6.08 Å². The molecule has 3 aromatic carbocycles. The maximum Gasteiger partial charge on any atom is 0.417 e. The predicted octanol–water partition coefficient (Wildman–Crippen LogP) is 7.19. The van der Waals surface area contributed by atoms with Crippen LogP contribution in [0.3, 0.4) is 0 Å². The van der Waals surface area contributed by atoms with Gasteiger partial charge < -0.3 is 14.7 Å². The predicted molar refractivity (Wildman–Crippen MR) is 218 cm³/mol. The first-order valence-corrected chi connectivity index (χ1v) is 19.7. The summed E-state index contributed by atoms with van der Waals surface area (Å²) in [7, 11) is 4.01. The molecule has 3 fully saturated rings. The minimum atomic E-state index is -4.83. The number of benzene rings is 3. The van der Waals surface area contributed by atoms with Crippen LogP contribution in [0.15, 0.2) is 78.5 Å². The maximum atomic E-state index is 15.5. The molecule has 326 valence electrons. The number of nitro benzene ring substituents is 2. The molecule has 0 radical (unpaired) electrons. The van der Waals surface area contributed by atoms with Crippen molar-refractivity contribution in [3.63, 3.8) is 0 Å². The number of pyridine rings is 1. The van der Waals surface area contributed by atoms with Gasteiger partial charge in [0, 0.05) is 48.9 Å². The summed E-state index contributed by atoms with van der Waals surface area (Å²) in [6.45, 7) is 0. The molecule has 3 heterocycles. The van der Waals surface area contributed by atoms with Crippen LogP contribution in [0, 0.1) is 43.9 Å². The number of hydrogen-bond donors (Lipinski definition) is 2. The average molecular weight is 911 g/mol. The summed E-state index contributed by atoms with van der Waals surface area (Å²) < 4.78 is 46.4. The fraction of sp³-hybridized carbons (Fsp3) is 0.293. The van der Waals surface area contributed by atoms with Crippen LogP contribution >= 0.6 is 23.2 Å². The van der Waals surface area contributed by atoms with E-state index in [1.807, 2.05) is 0 Å². The third-order valence-electron chi connectivity index (χ3n) is 12.3. The van der Waals surface area contributed by atoms with Crippen molar-refractivity contribution in [3.05, 3.63) is 125 Å².